The molecule has 0 saturated carbocycles. The number of aryl methyl sites for hydroxylation is 1. The topological polar surface area (TPSA) is 110 Å². The van der Waals surface area contributed by atoms with Crippen LogP contribution in [0.25, 0.3) is 6.08 Å². The highest BCUT2D eigenvalue weighted by Gasteiger charge is 2.13. The van der Waals surface area contributed by atoms with Gasteiger partial charge in [-0.1, -0.05) is 24.3 Å². The number of Topliss-reactive ketones (excluding diaryl/α,β-unsaturated/α-hetero) is 1. The third-order valence-corrected chi connectivity index (χ3v) is 5.23. The number of benzene rings is 2. The molecule has 0 aliphatic rings. The van der Waals surface area contributed by atoms with E-state index >= 15 is 0 Å². The number of hydrogen-bond donors (Lipinski definition) is 2. The molecular formula is C27H32O7. The summed E-state index contributed by atoms with van der Waals surface area (Å²) in [6.07, 6.45) is 7.40. The summed E-state index contributed by atoms with van der Waals surface area (Å²) in [5.41, 5.74) is 2.23. The summed E-state index contributed by atoms with van der Waals surface area (Å²) in [5, 5.41) is 17.8. The van der Waals surface area contributed by atoms with Crippen molar-refractivity contribution in [2.45, 2.75) is 51.4 Å². The second kappa shape index (κ2) is 14.5. The molecule has 0 fully saturated rings. The lowest BCUT2D eigenvalue weighted by Gasteiger charge is -2.13. The molecule has 0 atom stereocenters. The Labute approximate surface area is 200 Å². The molecule has 34 heavy (non-hydrogen) atoms. The van der Waals surface area contributed by atoms with Crippen molar-refractivity contribution >= 4 is 23.8 Å². The van der Waals surface area contributed by atoms with Crippen LogP contribution in [0.5, 0.6) is 11.5 Å². The molecular weight excluding hydrogens is 436 g/mol. The van der Waals surface area contributed by atoms with E-state index in [0.29, 0.717) is 23.5 Å². The number of ether oxygens (including phenoxy) is 2. The Hall–Kier alpha value is -3.61. The van der Waals surface area contributed by atoms with E-state index < -0.39 is 11.9 Å². The van der Waals surface area contributed by atoms with Crippen molar-refractivity contribution in [1.82, 2.24) is 0 Å². The molecule has 0 saturated heterocycles. The number of carbonyl (C=O) groups is 3. The number of rotatable bonds is 16. The maximum Gasteiger partial charge on any atom is 0.303 e. The Balaban J connectivity index is 1.84. The molecule has 0 spiro atoms. The summed E-state index contributed by atoms with van der Waals surface area (Å²) in [5.74, 6) is -0.611. The predicted molar refractivity (Wildman–Crippen MR) is 130 cm³/mol. The lowest BCUT2D eigenvalue weighted by Crippen LogP contribution is -2.06. The van der Waals surface area contributed by atoms with E-state index in [1.165, 1.54) is 0 Å². The largest absolute Gasteiger partial charge is 0.497 e. The number of aliphatic carboxylic acids is 2. The number of hydrogen-bond acceptors (Lipinski definition) is 5. The maximum absolute atomic E-state index is 12.4. The lowest BCUT2D eigenvalue weighted by atomic mass is 10.00. The molecule has 0 aliphatic heterocycles. The number of allylic oxidation sites excluding steroid dienone is 1. The fourth-order valence-electron chi connectivity index (χ4n) is 3.36. The van der Waals surface area contributed by atoms with Gasteiger partial charge in [-0.15, -0.1) is 0 Å². The molecule has 2 N–H and O–H groups in total. The van der Waals surface area contributed by atoms with Crippen molar-refractivity contribution in [2.24, 2.45) is 0 Å². The average molecular weight is 469 g/mol. The van der Waals surface area contributed by atoms with E-state index in [1.54, 1.807) is 25.3 Å². The molecule has 7 nitrogen and oxygen atoms in total. The van der Waals surface area contributed by atoms with Crippen LogP contribution in [0.2, 0.25) is 0 Å². The average Bonchev–Trinajstić information content (AvgIpc) is 2.82. The van der Waals surface area contributed by atoms with Gasteiger partial charge in [0.25, 0.3) is 0 Å². The summed E-state index contributed by atoms with van der Waals surface area (Å²) in [7, 11) is 1.64. The summed E-state index contributed by atoms with van der Waals surface area (Å²) in [6.45, 7) is 0.488. The molecule has 0 aromatic heterocycles. The van der Waals surface area contributed by atoms with Crippen molar-refractivity contribution in [3.8, 4) is 11.5 Å². The van der Waals surface area contributed by atoms with Crippen LogP contribution < -0.4 is 9.47 Å². The first-order valence-corrected chi connectivity index (χ1v) is 11.4. The van der Waals surface area contributed by atoms with E-state index in [1.807, 2.05) is 24.3 Å². The maximum atomic E-state index is 12.4. The van der Waals surface area contributed by atoms with E-state index in [0.717, 1.165) is 30.6 Å². The zero-order valence-corrected chi connectivity index (χ0v) is 19.5. The molecule has 0 amide bonds. The van der Waals surface area contributed by atoms with Gasteiger partial charge in [0.15, 0.2) is 5.78 Å². The summed E-state index contributed by atoms with van der Waals surface area (Å²) in [4.78, 5) is 34.0. The Morgan fingerprint density at radius 3 is 2.29 bits per heavy atom. The summed E-state index contributed by atoms with van der Waals surface area (Å²) < 4.78 is 11.0. The van der Waals surface area contributed by atoms with Crippen molar-refractivity contribution < 1.29 is 34.1 Å². The van der Waals surface area contributed by atoms with Crippen LogP contribution in [-0.4, -0.2) is 41.7 Å². The highest BCUT2D eigenvalue weighted by Crippen LogP contribution is 2.24. The van der Waals surface area contributed by atoms with Crippen molar-refractivity contribution in [3.63, 3.8) is 0 Å². The Kier molecular flexibility index (Phi) is 11.4. The van der Waals surface area contributed by atoms with E-state index in [-0.39, 0.29) is 37.9 Å². The first-order chi connectivity index (χ1) is 16.4. The van der Waals surface area contributed by atoms with Crippen LogP contribution >= 0.6 is 0 Å². The predicted octanol–water partition coefficient (Wildman–Crippen LogP) is 5.41. The zero-order chi connectivity index (χ0) is 24.8. The highest BCUT2D eigenvalue weighted by atomic mass is 16.5. The van der Waals surface area contributed by atoms with Crippen LogP contribution in [0.1, 0.15) is 66.4 Å². The number of methoxy groups -OCH3 is 1. The van der Waals surface area contributed by atoms with Crippen LogP contribution in [-0.2, 0) is 16.0 Å². The van der Waals surface area contributed by atoms with Crippen molar-refractivity contribution in [3.05, 3.63) is 65.2 Å². The molecule has 0 unspecified atom stereocenters. The van der Waals surface area contributed by atoms with Crippen LogP contribution in [0.3, 0.4) is 0 Å². The number of carboxylic acids is 2. The Bertz CT molecular complexity index is 977. The molecule has 2 rings (SSSR count). The smallest absolute Gasteiger partial charge is 0.303 e. The molecule has 0 radical (unpaired) electrons. The standard InChI is InChI=1S/C27H32O7/c1-33-23-14-10-20(11-15-23)7-4-2-3-5-18-34-25-16-12-21(19-22(25)13-17-27(31)32)24(28)8-6-9-26(29)30/h4,7,10-12,14-16,19H,2-3,5-6,8-9,13,17-18H2,1H3,(H,29,30)(H,31,32)/b7-4+. The third kappa shape index (κ3) is 9.90. The number of carbonyl (C=O) groups excluding carboxylic acids is 1. The van der Waals surface area contributed by atoms with E-state index in [9.17, 15) is 14.4 Å². The number of ketones is 1. The molecule has 0 bridgehead atoms. The summed E-state index contributed by atoms with van der Waals surface area (Å²) in [6, 6.07) is 12.9. The number of carboxylic acid groups (broad SMARTS) is 2. The minimum Gasteiger partial charge on any atom is -0.497 e. The fraction of sp³-hybridized carbons (Fsp3) is 0.370. The van der Waals surface area contributed by atoms with Gasteiger partial charge in [-0.25, -0.2) is 0 Å². The Morgan fingerprint density at radius 1 is 0.882 bits per heavy atom. The SMILES string of the molecule is COc1ccc(/C=C/CCCCOc2ccc(C(=O)CCCC(=O)O)cc2CCC(=O)O)cc1. The molecule has 2 aromatic rings. The fourth-order valence-corrected chi connectivity index (χ4v) is 3.36. The van der Waals surface area contributed by atoms with Gasteiger partial charge in [0.2, 0.25) is 0 Å². The Morgan fingerprint density at radius 2 is 1.62 bits per heavy atom. The lowest BCUT2D eigenvalue weighted by molar-refractivity contribution is -0.138. The van der Waals surface area contributed by atoms with Crippen LogP contribution in [0.4, 0.5) is 0 Å². The first kappa shape index (κ1) is 26.6. The highest BCUT2D eigenvalue weighted by molar-refractivity contribution is 5.96. The minimum absolute atomic E-state index is 0.0614. The first-order valence-electron chi connectivity index (χ1n) is 11.4. The molecule has 0 aliphatic carbocycles. The molecule has 0 heterocycles. The quantitative estimate of drug-likeness (QED) is 0.250. The third-order valence-electron chi connectivity index (χ3n) is 5.23. The van der Waals surface area contributed by atoms with Gasteiger partial charge in [0.05, 0.1) is 13.7 Å². The van der Waals surface area contributed by atoms with Crippen LogP contribution in [0.15, 0.2) is 48.5 Å². The molecule has 7 heteroatoms. The molecule has 182 valence electrons. The second-order valence-electron chi connectivity index (χ2n) is 7.91. The zero-order valence-electron chi connectivity index (χ0n) is 19.5. The van der Waals surface area contributed by atoms with Crippen molar-refractivity contribution in [1.29, 1.82) is 0 Å². The van der Waals surface area contributed by atoms with Gasteiger partial charge >= 0.3 is 11.9 Å². The van der Waals surface area contributed by atoms with E-state index in [2.05, 4.69) is 12.2 Å². The monoisotopic (exact) mass is 468 g/mol. The summed E-state index contributed by atoms with van der Waals surface area (Å²) >= 11 is 0. The number of unbranched alkanes of at least 4 members (excludes halogenated alkanes) is 2. The van der Waals surface area contributed by atoms with Gasteiger partial charge in [0, 0.05) is 24.8 Å². The van der Waals surface area contributed by atoms with Gasteiger partial charge in [0.1, 0.15) is 11.5 Å². The van der Waals surface area contributed by atoms with Gasteiger partial charge in [-0.2, -0.15) is 0 Å². The van der Waals surface area contributed by atoms with Gasteiger partial charge < -0.3 is 19.7 Å². The minimum atomic E-state index is -0.935. The van der Waals surface area contributed by atoms with Gasteiger partial charge in [-0.3, -0.25) is 14.4 Å². The normalized spacial score (nSPS) is 10.9. The van der Waals surface area contributed by atoms with Crippen LogP contribution in [0, 0.1) is 0 Å². The van der Waals surface area contributed by atoms with Crippen molar-refractivity contribution in [2.75, 3.05) is 13.7 Å². The second-order valence-corrected chi connectivity index (χ2v) is 7.91. The van der Waals surface area contributed by atoms with Gasteiger partial charge in [-0.05, 0) is 73.6 Å². The van der Waals surface area contributed by atoms with E-state index in [4.69, 9.17) is 19.7 Å². The molecule has 2 aromatic carbocycles.